The second kappa shape index (κ2) is 11.1. The highest BCUT2D eigenvalue weighted by Crippen LogP contribution is 2.43. The number of para-hydroxylation sites is 1. The number of nitrogens with one attached hydrogen (secondary N) is 2. The van der Waals surface area contributed by atoms with Crippen molar-refractivity contribution in [2.45, 2.75) is 33.4 Å². The number of carbonyl (C=O) groups excluding carboxylic acids is 1. The third kappa shape index (κ3) is 5.26. The van der Waals surface area contributed by atoms with E-state index in [9.17, 15) is 4.79 Å². The second-order valence-corrected chi connectivity index (χ2v) is 9.73. The van der Waals surface area contributed by atoms with Crippen LogP contribution in [0.1, 0.15) is 36.6 Å². The topological polar surface area (TPSA) is 103 Å². The average molecular weight is 575 g/mol. The molecular weight excluding hydrogens is 548 g/mol. The Hall–Kier alpha value is -4.18. The molecule has 10 heteroatoms. The zero-order chi connectivity index (χ0) is 26.6. The van der Waals surface area contributed by atoms with Crippen molar-refractivity contribution in [3.63, 3.8) is 0 Å². The minimum absolute atomic E-state index is 0.263. The molecule has 0 radical (unpaired) electrons. The molecular formula is C28H27BrN6O3. The van der Waals surface area contributed by atoms with E-state index in [0.29, 0.717) is 52.1 Å². The van der Waals surface area contributed by atoms with Gasteiger partial charge in [-0.3, -0.25) is 4.79 Å². The highest BCUT2D eigenvalue weighted by atomic mass is 79.9. The van der Waals surface area contributed by atoms with E-state index < -0.39 is 6.04 Å². The summed E-state index contributed by atoms with van der Waals surface area (Å²) in [6.07, 6.45) is 0. The highest BCUT2D eigenvalue weighted by molar-refractivity contribution is 9.10. The molecule has 1 aliphatic heterocycles. The van der Waals surface area contributed by atoms with Gasteiger partial charge in [-0.2, -0.15) is 4.68 Å². The zero-order valence-electron chi connectivity index (χ0n) is 21.2. The smallest absolute Gasteiger partial charge is 0.255 e. The van der Waals surface area contributed by atoms with Gasteiger partial charge in [-0.05, 0) is 82.5 Å². The molecule has 194 valence electrons. The molecule has 0 saturated carbocycles. The summed E-state index contributed by atoms with van der Waals surface area (Å²) in [5.41, 5.74) is 4.82. The predicted molar refractivity (Wildman–Crippen MR) is 148 cm³/mol. The number of hydrogen-bond acceptors (Lipinski definition) is 7. The van der Waals surface area contributed by atoms with Crippen LogP contribution in [0, 0.1) is 6.92 Å². The molecule has 38 heavy (non-hydrogen) atoms. The summed E-state index contributed by atoms with van der Waals surface area (Å²) in [5, 5.41) is 18.2. The van der Waals surface area contributed by atoms with Gasteiger partial charge in [0.25, 0.3) is 5.91 Å². The summed E-state index contributed by atoms with van der Waals surface area (Å²) in [7, 11) is 0. The zero-order valence-corrected chi connectivity index (χ0v) is 22.8. The number of allylic oxidation sites excluding steroid dienone is 1. The number of carbonyl (C=O) groups is 1. The molecule has 1 atom stereocenters. The summed E-state index contributed by atoms with van der Waals surface area (Å²) in [6.45, 7) is 6.62. The van der Waals surface area contributed by atoms with Crippen LogP contribution in [-0.4, -0.2) is 32.7 Å². The minimum atomic E-state index is -0.605. The van der Waals surface area contributed by atoms with Gasteiger partial charge >= 0.3 is 0 Å². The first-order valence-electron chi connectivity index (χ1n) is 12.2. The van der Waals surface area contributed by atoms with Crippen LogP contribution in [0.4, 0.5) is 11.6 Å². The first-order valence-corrected chi connectivity index (χ1v) is 13.0. The number of tetrazole rings is 1. The third-order valence-electron chi connectivity index (χ3n) is 6.14. The molecule has 1 amide bonds. The van der Waals surface area contributed by atoms with Crippen LogP contribution in [0.5, 0.6) is 11.5 Å². The van der Waals surface area contributed by atoms with Gasteiger partial charge in [-0.1, -0.05) is 53.1 Å². The highest BCUT2D eigenvalue weighted by Gasteiger charge is 2.35. The van der Waals surface area contributed by atoms with E-state index in [1.54, 1.807) is 4.68 Å². The van der Waals surface area contributed by atoms with Gasteiger partial charge in [0.15, 0.2) is 11.5 Å². The first kappa shape index (κ1) is 25.5. The van der Waals surface area contributed by atoms with Crippen molar-refractivity contribution in [1.82, 2.24) is 20.2 Å². The Morgan fingerprint density at radius 3 is 2.58 bits per heavy atom. The number of anilines is 2. The van der Waals surface area contributed by atoms with E-state index in [1.807, 2.05) is 68.4 Å². The lowest BCUT2D eigenvalue weighted by Crippen LogP contribution is -2.31. The summed E-state index contributed by atoms with van der Waals surface area (Å²) in [6, 6.07) is 20.7. The number of benzene rings is 3. The lowest BCUT2D eigenvalue weighted by Gasteiger charge is -2.28. The molecule has 3 aromatic carbocycles. The fourth-order valence-corrected chi connectivity index (χ4v) is 4.90. The quantitative estimate of drug-likeness (QED) is 0.280. The van der Waals surface area contributed by atoms with Gasteiger partial charge in [0.1, 0.15) is 12.6 Å². The Balaban J connectivity index is 1.52. The van der Waals surface area contributed by atoms with Crippen LogP contribution in [0.25, 0.3) is 0 Å². The van der Waals surface area contributed by atoms with E-state index in [4.69, 9.17) is 9.47 Å². The third-order valence-corrected chi connectivity index (χ3v) is 6.73. The van der Waals surface area contributed by atoms with Crippen molar-refractivity contribution in [2.24, 2.45) is 0 Å². The minimum Gasteiger partial charge on any atom is -0.490 e. The van der Waals surface area contributed by atoms with E-state index in [2.05, 4.69) is 61.1 Å². The van der Waals surface area contributed by atoms with Crippen LogP contribution in [0.3, 0.4) is 0 Å². The standard InChI is InChI=1S/C28H27BrN6O3/c1-4-37-23-15-20(14-22(29)26(23)38-16-19-12-10-17(2)11-13-19)25-24(18(3)30-28-32-33-34-35(25)28)27(36)31-21-8-6-5-7-9-21/h5-15,25H,4,16H2,1-3H3,(H,31,36)(H,30,32,34). The van der Waals surface area contributed by atoms with E-state index >= 15 is 0 Å². The lowest BCUT2D eigenvalue weighted by atomic mass is 9.94. The molecule has 9 nitrogen and oxygen atoms in total. The van der Waals surface area contributed by atoms with Crippen LogP contribution in [0.2, 0.25) is 0 Å². The van der Waals surface area contributed by atoms with E-state index in [1.165, 1.54) is 5.56 Å². The largest absolute Gasteiger partial charge is 0.490 e. The average Bonchev–Trinajstić information content (AvgIpc) is 3.37. The van der Waals surface area contributed by atoms with E-state index in [0.717, 1.165) is 11.1 Å². The molecule has 0 spiro atoms. The molecule has 2 heterocycles. The number of nitrogens with zero attached hydrogens (tertiary/aromatic N) is 4. The molecule has 1 unspecified atom stereocenters. The SMILES string of the molecule is CCOc1cc(C2C(C(=O)Nc3ccccc3)=C(C)Nc3nnnn32)cc(Br)c1OCc1ccc(C)cc1. The van der Waals surface area contributed by atoms with Gasteiger partial charge < -0.3 is 20.1 Å². The van der Waals surface area contributed by atoms with Crippen molar-refractivity contribution in [3.05, 3.63) is 99.2 Å². The summed E-state index contributed by atoms with van der Waals surface area (Å²) in [5.74, 6) is 1.31. The lowest BCUT2D eigenvalue weighted by molar-refractivity contribution is -0.113. The Bertz CT molecular complexity index is 1480. The second-order valence-electron chi connectivity index (χ2n) is 8.87. The van der Waals surface area contributed by atoms with Crippen molar-refractivity contribution in [3.8, 4) is 11.5 Å². The number of amides is 1. The van der Waals surface area contributed by atoms with Crippen LogP contribution in [0.15, 0.2) is 82.5 Å². The molecule has 5 rings (SSSR count). The molecule has 1 aliphatic rings. The molecule has 2 N–H and O–H groups in total. The van der Waals surface area contributed by atoms with E-state index in [-0.39, 0.29) is 5.91 Å². The molecule has 1 aromatic heterocycles. The molecule has 0 bridgehead atoms. The number of rotatable bonds is 8. The predicted octanol–water partition coefficient (Wildman–Crippen LogP) is 5.65. The summed E-state index contributed by atoms with van der Waals surface area (Å²) < 4.78 is 14.5. The van der Waals surface area contributed by atoms with Gasteiger partial charge in [0.2, 0.25) is 5.95 Å². The number of ether oxygens (including phenoxy) is 2. The Morgan fingerprint density at radius 1 is 1.08 bits per heavy atom. The van der Waals surface area contributed by atoms with Gasteiger partial charge in [-0.25, -0.2) is 0 Å². The Morgan fingerprint density at radius 2 is 1.84 bits per heavy atom. The molecule has 0 aliphatic carbocycles. The summed E-state index contributed by atoms with van der Waals surface area (Å²) in [4.78, 5) is 13.6. The fraction of sp³-hybridized carbons (Fsp3) is 0.214. The molecule has 0 fully saturated rings. The number of aryl methyl sites for hydroxylation is 1. The molecule has 4 aromatic rings. The molecule has 0 saturated heterocycles. The maximum absolute atomic E-state index is 13.6. The Kier molecular flexibility index (Phi) is 7.41. The van der Waals surface area contributed by atoms with Gasteiger partial charge in [0, 0.05) is 11.4 Å². The number of aromatic nitrogens is 4. The normalized spacial score (nSPS) is 14.5. The van der Waals surface area contributed by atoms with Crippen molar-refractivity contribution in [2.75, 3.05) is 17.2 Å². The monoisotopic (exact) mass is 574 g/mol. The number of fused-ring (bicyclic) bond motifs is 1. The number of halogens is 1. The van der Waals surface area contributed by atoms with Crippen molar-refractivity contribution >= 4 is 33.5 Å². The number of hydrogen-bond donors (Lipinski definition) is 2. The van der Waals surface area contributed by atoms with Crippen LogP contribution >= 0.6 is 15.9 Å². The van der Waals surface area contributed by atoms with Gasteiger partial charge in [0.05, 0.1) is 16.7 Å². The maximum Gasteiger partial charge on any atom is 0.255 e. The summed E-state index contributed by atoms with van der Waals surface area (Å²) >= 11 is 3.68. The first-order chi connectivity index (χ1) is 18.4. The maximum atomic E-state index is 13.6. The van der Waals surface area contributed by atoms with Crippen LogP contribution in [-0.2, 0) is 11.4 Å². The van der Waals surface area contributed by atoms with Crippen LogP contribution < -0.4 is 20.1 Å². The fourth-order valence-electron chi connectivity index (χ4n) is 4.32. The van der Waals surface area contributed by atoms with Gasteiger partial charge in [-0.15, -0.1) is 0 Å². The van der Waals surface area contributed by atoms with Crippen molar-refractivity contribution in [1.29, 1.82) is 0 Å². The van der Waals surface area contributed by atoms with Crippen molar-refractivity contribution < 1.29 is 14.3 Å². The Labute approximate surface area is 229 Å².